The summed E-state index contributed by atoms with van der Waals surface area (Å²) in [5.41, 5.74) is -0.399. The van der Waals surface area contributed by atoms with E-state index in [0.29, 0.717) is 10.8 Å². The Bertz CT molecular complexity index is 1030. The van der Waals surface area contributed by atoms with Gasteiger partial charge in [-0.25, -0.2) is 0 Å². The van der Waals surface area contributed by atoms with E-state index in [0.717, 1.165) is 4.57 Å². The predicted molar refractivity (Wildman–Crippen MR) is 101 cm³/mol. The lowest BCUT2D eigenvalue weighted by Crippen LogP contribution is -2.41. The monoisotopic (exact) mass is 404 g/mol. The van der Waals surface area contributed by atoms with Gasteiger partial charge in [-0.15, -0.1) is 0 Å². The van der Waals surface area contributed by atoms with Gasteiger partial charge in [-0.2, -0.15) is 0 Å². The first kappa shape index (κ1) is 18.9. The summed E-state index contributed by atoms with van der Waals surface area (Å²) in [6, 6.07) is 10.6. The van der Waals surface area contributed by atoms with E-state index in [1.54, 1.807) is 18.2 Å². The minimum Gasteiger partial charge on any atom is -0.467 e. The molecule has 0 aliphatic rings. The molecule has 2 heterocycles. The first-order valence-corrected chi connectivity index (χ1v) is 8.69. The molecule has 3 aromatic rings. The quantitative estimate of drug-likeness (QED) is 0.503. The van der Waals surface area contributed by atoms with Crippen molar-refractivity contribution in [2.24, 2.45) is 0 Å². The second kappa shape index (κ2) is 8.24. The normalized spacial score (nSPS) is 11.8. The number of carbonyl (C=O) groups is 2. The number of hydrogen-bond donors (Lipinski definition) is 1. The average Bonchev–Trinajstić information content (AvgIpc) is 3.15. The van der Waals surface area contributed by atoms with Crippen LogP contribution in [0.1, 0.15) is 22.2 Å². The summed E-state index contributed by atoms with van der Waals surface area (Å²) in [6.45, 7) is 0.0749. The number of furan rings is 1. The van der Waals surface area contributed by atoms with Gasteiger partial charge in [-0.05, 0) is 36.4 Å². The van der Waals surface area contributed by atoms with E-state index in [9.17, 15) is 14.4 Å². The number of nitrogens with one attached hydrogen (secondary N) is 1. The maximum atomic E-state index is 13.1. The third-order valence-electron chi connectivity index (χ3n) is 3.84. The molecule has 1 aromatic carbocycles. The van der Waals surface area contributed by atoms with E-state index in [1.165, 1.54) is 42.8 Å². The van der Waals surface area contributed by atoms with Gasteiger partial charge < -0.3 is 9.73 Å². The fraction of sp³-hybridized carbons (Fsp3) is 0.105. The van der Waals surface area contributed by atoms with Crippen LogP contribution in [0.15, 0.2) is 70.2 Å². The maximum absolute atomic E-state index is 13.1. The zero-order valence-electron chi connectivity index (χ0n) is 13.9. The summed E-state index contributed by atoms with van der Waals surface area (Å²) in [5, 5.41) is 3.06. The molecule has 1 amide bonds. The molecule has 2 aromatic heterocycles. The Morgan fingerprint density at radius 2 is 1.93 bits per heavy atom. The highest BCUT2D eigenvalue weighted by atomic mass is 35.5. The number of hydrogen-bond acceptors (Lipinski definition) is 4. The zero-order valence-corrected chi connectivity index (χ0v) is 15.4. The lowest BCUT2D eigenvalue weighted by Gasteiger charge is -2.18. The fourth-order valence-electron chi connectivity index (χ4n) is 2.55. The SMILES string of the molecule is O=C(NCc1ccco1)C(C(=O)c1ccc(Cl)cc1Cl)n1ccccc1=O. The highest BCUT2D eigenvalue weighted by Crippen LogP contribution is 2.25. The van der Waals surface area contributed by atoms with Gasteiger partial charge in [0, 0.05) is 22.8 Å². The highest BCUT2D eigenvalue weighted by molar-refractivity contribution is 6.37. The summed E-state index contributed by atoms with van der Waals surface area (Å²) < 4.78 is 6.23. The van der Waals surface area contributed by atoms with Crippen molar-refractivity contribution < 1.29 is 14.0 Å². The van der Waals surface area contributed by atoms with Crippen LogP contribution in [-0.2, 0) is 11.3 Å². The Hall–Kier alpha value is -2.83. The molecule has 0 aliphatic heterocycles. The molecule has 138 valence electrons. The van der Waals surface area contributed by atoms with Crippen molar-refractivity contribution in [3.63, 3.8) is 0 Å². The number of pyridine rings is 1. The lowest BCUT2D eigenvalue weighted by molar-refractivity contribution is -0.123. The summed E-state index contributed by atoms with van der Waals surface area (Å²) in [7, 11) is 0. The number of nitrogens with zero attached hydrogens (tertiary/aromatic N) is 1. The van der Waals surface area contributed by atoms with Gasteiger partial charge >= 0.3 is 0 Å². The first-order chi connectivity index (χ1) is 13.0. The highest BCUT2D eigenvalue weighted by Gasteiger charge is 2.31. The number of rotatable bonds is 6. The zero-order chi connectivity index (χ0) is 19.4. The molecule has 0 bridgehead atoms. The summed E-state index contributed by atoms with van der Waals surface area (Å²) >= 11 is 12.0. The molecule has 1 unspecified atom stereocenters. The standard InChI is InChI=1S/C19H14Cl2N2O4/c20-12-6-7-14(15(21)10-12)18(25)17(23-8-2-1-5-16(23)24)19(26)22-11-13-4-3-9-27-13/h1-10,17H,11H2,(H,22,26). The number of ketones is 1. The van der Waals surface area contributed by atoms with Crippen molar-refractivity contribution in [3.05, 3.63) is 92.7 Å². The Labute approximate surface area is 164 Å². The largest absolute Gasteiger partial charge is 0.467 e. The van der Waals surface area contributed by atoms with Crippen molar-refractivity contribution in [2.45, 2.75) is 12.6 Å². The van der Waals surface area contributed by atoms with Crippen LogP contribution < -0.4 is 10.9 Å². The maximum Gasteiger partial charge on any atom is 0.251 e. The second-order valence-corrected chi connectivity index (χ2v) is 6.48. The molecular formula is C19H14Cl2N2O4. The minimum absolute atomic E-state index is 0.0749. The molecule has 0 radical (unpaired) electrons. The molecule has 1 N–H and O–H groups in total. The summed E-state index contributed by atoms with van der Waals surface area (Å²) in [5.74, 6) is -0.767. The average molecular weight is 405 g/mol. The van der Waals surface area contributed by atoms with E-state index in [2.05, 4.69) is 5.32 Å². The molecule has 0 spiro atoms. The lowest BCUT2D eigenvalue weighted by atomic mass is 10.0. The Morgan fingerprint density at radius 3 is 2.59 bits per heavy atom. The third kappa shape index (κ3) is 4.30. The molecule has 3 rings (SSSR count). The number of halogens is 2. The summed E-state index contributed by atoms with van der Waals surface area (Å²) in [6.07, 6.45) is 2.85. The van der Waals surface area contributed by atoms with Crippen LogP contribution in [0.5, 0.6) is 0 Å². The van der Waals surface area contributed by atoms with Gasteiger partial charge in [0.15, 0.2) is 11.8 Å². The molecule has 1 atom stereocenters. The van der Waals surface area contributed by atoms with Gasteiger partial charge in [0.05, 0.1) is 17.8 Å². The van der Waals surface area contributed by atoms with Crippen LogP contribution in [0, 0.1) is 0 Å². The molecule has 0 fully saturated rings. The van der Waals surface area contributed by atoms with Crippen LogP contribution in [-0.4, -0.2) is 16.3 Å². The molecule has 0 saturated heterocycles. The van der Waals surface area contributed by atoms with E-state index >= 15 is 0 Å². The molecule has 0 saturated carbocycles. The number of Topliss-reactive ketones (excluding diaryl/α,β-unsaturated/α-hetero) is 1. The second-order valence-electron chi connectivity index (χ2n) is 5.63. The molecule has 0 aliphatic carbocycles. The van der Waals surface area contributed by atoms with Crippen molar-refractivity contribution in [1.82, 2.24) is 9.88 Å². The van der Waals surface area contributed by atoms with Crippen molar-refractivity contribution in [1.29, 1.82) is 0 Å². The van der Waals surface area contributed by atoms with Crippen LogP contribution >= 0.6 is 23.2 Å². The molecular weight excluding hydrogens is 391 g/mol. The Balaban J connectivity index is 1.96. The number of carbonyl (C=O) groups excluding carboxylic acids is 2. The smallest absolute Gasteiger partial charge is 0.251 e. The van der Waals surface area contributed by atoms with Gasteiger partial charge in [-0.1, -0.05) is 29.3 Å². The molecule has 8 heteroatoms. The number of amides is 1. The van der Waals surface area contributed by atoms with E-state index in [1.807, 2.05) is 0 Å². The van der Waals surface area contributed by atoms with Gasteiger partial charge in [0.2, 0.25) is 0 Å². The van der Waals surface area contributed by atoms with Crippen LogP contribution in [0.4, 0.5) is 0 Å². The third-order valence-corrected chi connectivity index (χ3v) is 4.39. The molecule has 6 nitrogen and oxygen atoms in total. The van der Waals surface area contributed by atoms with E-state index in [-0.39, 0.29) is 17.1 Å². The van der Waals surface area contributed by atoms with Gasteiger partial charge in [0.25, 0.3) is 11.5 Å². The number of aromatic nitrogens is 1. The Morgan fingerprint density at radius 1 is 1.11 bits per heavy atom. The van der Waals surface area contributed by atoms with Crippen molar-refractivity contribution in [2.75, 3.05) is 0 Å². The Kier molecular flexibility index (Phi) is 5.78. The van der Waals surface area contributed by atoms with Crippen molar-refractivity contribution in [3.8, 4) is 0 Å². The summed E-state index contributed by atoms with van der Waals surface area (Å²) in [4.78, 5) is 38.1. The molecule has 27 heavy (non-hydrogen) atoms. The van der Waals surface area contributed by atoms with E-state index < -0.39 is 23.3 Å². The van der Waals surface area contributed by atoms with E-state index in [4.69, 9.17) is 27.6 Å². The predicted octanol–water partition coefficient (Wildman–Crippen LogP) is 3.49. The number of benzene rings is 1. The first-order valence-electron chi connectivity index (χ1n) is 7.94. The topological polar surface area (TPSA) is 81.3 Å². The van der Waals surface area contributed by atoms with Crippen LogP contribution in [0.3, 0.4) is 0 Å². The van der Waals surface area contributed by atoms with Crippen LogP contribution in [0.2, 0.25) is 10.0 Å². The van der Waals surface area contributed by atoms with Crippen LogP contribution in [0.25, 0.3) is 0 Å². The van der Waals surface area contributed by atoms with Crippen molar-refractivity contribution >= 4 is 34.9 Å². The van der Waals surface area contributed by atoms with Gasteiger partial charge in [0.1, 0.15) is 5.76 Å². The minimum atomic E-state index is -1.42. The fourth-order valence-corrected chi connectivity index (χ4v) is 3.05. The van der Waals surface area contributed by atoms with Gasteiger partial charge in [-0.3, -0.25) is 19.0 Å².